The number of hydrogen-bond donors (Lipinski definition) is 0. The molecule has 6 nitrogen and oxygen atoms in total. The highest BCUT2D eigenvalue weighted by Crippen LogP contribution is 2.26. The molecule has 0 fully saturated rings. The van der Waals surface area contributed by atoms with Crippen LogP contribution in [0.4, 0.5) is 0 Å². The minimum atomic E-state index is -0.0282. The fraction of sp³-hybridized carbons (Fsp3) is 0.263. The van der Waals surface area contributed by atoms with Crippen molar-refractivity contribution in [1.82, 2.24) is 19.7 Å². The van der Waals surface area contributed by atoms with Gasteiger partial charge in [0.15, 0.2) is 16.8 Å². The zero-order valence-corrected chi connectivity index (χ0v) is 16.2. The van der Waals surface area contributed by atoms with Crippen molar-refractivity contribution in [3.05, 3.63) is 52.8 Å². The van der Waals surface area contributed by atoms with E-state index in [9.17, 15) is 4.79 Å². The standard InChI is InChI=1S/C19H20N4O2S/c1-11-6-7-15(8-12(11)2)25-18-9-17(21-19(22-18)26-5)23-13(3)16(10-20-23)14(4)24/h6-10H,1-5H3. The van der Waals surface area contributed by atoms with E-state index in [-0.39, 0.29) is 5.78 Å². The van der Waals surface area contributed by atoms with Gasteiger partial charge in [-0.25, -0.2) is 9.67 Å². The Hall–Kier alpha value is -2.67. The summed E-state index contributed by atoms with van der Waals surface area (Å²) in [6.45, 7) is 7.46. The van der Waals surface area contributed by atoms with Crippen molar-refractivity contribution in [3.8, 4) is 17.4 Å². The molecule has 0 spiro atoms. The molecular formula is C19H20N4O2S. The molecule has 1 aromatic carbocycles. The van der Waals surface area contributed by atoms with Gasteiger partial charge in [-0.15, -0.1) is 0 Å². The second-order valence-electron chi connectivity index (χ2n) is 6.01. The monoisotopic (exact) mass is 368 g/mol. The van der Waals surface area contributed by atoms with E-state index in [2.05, 4.69) is 22.0 Å². The summed E-state index contributed by atoms with van der Waals surface area (Å²) in [7, 11) is 0. The molecule has 0 aliphatic heterocycles. The van der Waals surface area contributed by atoms with Gasteiger partial charge in [-0.05, 0) is 57.2 Å². The van der Waals surface area contributed by atoms with Crippen molar-refractivity contribution in [2.24, 2.45) is 0 Å². The maximum atomic E-state index is 11.7. The molecule has 0 bridgehead atoms. The molecule has 0 saturated heterocycles. The smallest absolute Gasteiger partial charge is 0.225 e. The van der Waals surface area contributed by atoms with Crippen LogP contribution in [0.3, 0.4) is 0 Å². The quantitative estimate of drug-likeness (QED) is 0.380. The molecule has 3 rings (SSSR count). The molecule has 3 aromatic rings. The minimum Gasteiger partial charge on any atom is -0.439 e. The van der Waals surface area contributed by atoms with E-state index in [1.54, 1.807) is 16.9 Å². The molecule has 0 unspecified atom stereocenters. The number of hydrogen-bond acceptors (Lipinski definition) is 6. The number of nitrogens with zero attached hydrogens (tertiary/aromatic N) is 4. The van der Waals surface area contributed by atoms with Crippen molar-refractivity contribution >= 4 is 17.5 Å². The third-order valence-corrected chi connectivity index (χ3v) is 4.71. The Kier molecular flexibility index (Phi) is 5.08. The number of thioether (sulfide) groups is 1. The van der Waals surface area contributed by atoms with E-state index in [4.69, 9.17) is 4.74 Å². The van der Waals surface area contributed by atoms with Gasteiger partial charge in [-0.3, -0.25) is 4.79 Å². The van der Waals surface area contributed by atoms with E-state index >= 15 is 0 Å². The van der Waals surface area contributed by atoms with E-state index < -0.39 is 0 Å². The number of carbonyl (C=O) groups is 1. The van der Waals surface area contributed by atoms with Crippen molar-refractivity contribution in [2.75, 3.05) is 6.26 Å². The average Bonchev–Trinajstić information content (AvgIpc) is 2.99. The second-order valence-corrected chi connectivity index (χ2v) is 6.78. The molecule has 0 aliphatic rings. The number of aryl methyl sites for hydroxylation is 2. The summed E-state index contributed by atoms with van der Waals surface area (Å²) >= 11 is 1.42. The number of Topliss-reactive ketones (excluding diaryl/α,β-unsaturated/α-hetero) is 1. The maximum Gasteiger partial charge on any atom is 0.225 e. The van der Waals surface area contributed by atoms with Gasteiger partial charge in [-0.1, -0.05) is 17.8 Å². The molecular weight excluding hydrogens is 348 g/mol. The maximum absolute atomic E-state index is 11.7. The number of ketones is 1. The molecule has 2 aromatic heterocycles. The molecule has 26 heavy (non-hydrogen) atoms. The second kappa shape index (κ2) is 7.29. The SMILES string of the molecule is CSc1nc(Oc2ccc(C)c(C)c2)cc(-n2ncc(C(C)=O)c2C)n1. The number of carbonyl (C=O) groups excluding carboxylic acids is 1. The van der Waals surface area contributed by atoms with Gasteiger partial charge in [0.2, 0.25) is 5.88 Å². The lowest BCUT2D eigenvalue weighted by Gasteiger charge is -2.10. The van der Waals surface area contributed by atoms with Gasteiger partial charge in [0.25, 0.3) is 0 Å². The highest BCUT2D eigenvalue weighted by atomic mass is 32.2. The van der Waals surface area contributed by atoms with Gasteiger partial charge < -0.3 is 4.74 Å². The Balaban J connectivity index is 2.01. The summed E-state index contributed by atoms with van der Waals surface area (Å²) in [5.74, 6) is 1.68. The first kappa shape index (κ1) is 18.1. The number of ether oxygens (including phenoxy) is 1. The average molecular weight is 368 g/mol. The lowest BCUT2D eigenvalue weighted by Crippen LogP contribution is -2.06. The lowest BCUT2D eigenvalue weighted by atomic mass is 10.1. The Morgan fingerprint density at radius 1 is 1.12 bits per heavy atom. The number of benzene rings is 1. The first-order valence-electron chi connectivity index (χ1n) is 8.13. The fourth-order valence-corrected chi connectivity index (χ4v) is 2.89. The summed E-state index contributed by atoms with van der Waals surface area (Å²) < 4.78 is 7.57. The van der Waals surface area contributed by atoms with Crippen LogP contribution in [0.25, 0.3) is 5.82 Å². The van der Waals surface area contributed by atoms with Crippen LogP contribution in [0.15, 0.2) is 35.6 Å². The first-order chi connectivity index (χ1) is 12.4. The summed E-state index contributed by atoms with van der Waals surface area (Å²) in [4.78, 5) is 20.6. The van der Waals surface area contributed by atoms with Crippen molar-refractivity contribution in [3.63, 3.8) is 0 Å². The Bertz CT molecular complexity index is 982. The van der Waals surface area contributed by atoms with E-state index in [1.165, 1.54) is 24.2 Å². The summed E-state index contributed by atoms with van der Waals surface area (Å²) in [5.41, 5.74) is 3.66. The molecule has 0 N–H and O–H groups in total. The lowest BCUT2D eigenvalue weighted by molar-refractivity contribution is 0.101. The first-order valence-corrected chi connectivity index (χ1v) is 9.35. The van der Waals surface area contributed by atoms with Crippen LogP contribution >= 0.6 is 11.8 Å². The van der Waals surface area contributed by atoms with Crippen molar-refractivity contribution in [2.45, 2.75) is 32.9 Å². The molecule has 0 aliphatic carbocycles. The molecule has 0 saturated carbocycles. The van der Waals surface area contributed by atoms with Gasteiger partial charge in [0, 0.05) is 6.07 Å². The normalized spacial score (nSPS) is 10.8. The van der Waals surface area contributed by atoms with Gasteiger partial charge in [-0.2, -0.15) is 10.1 Å². The summed E-state index contributed by atoms with van der Waals surface area (Å²) in [5, 5.41) is 4.87. The highest BCUT2D eigenvalue weighted by molar-refractivity contribution is 7.98. The largest absolute Gasteiger partial charge is 0.439 e. The third kappa shape index (κ3) is 3.62. The third-order valence-electron chi connectivity index (χ3n) is 4.16. The van der Waals surface area contributed by atoms with E-state index in [0.29, 0.717) is 28.2 Å². The van der Waals surface area contributed by atoms with Crippen LogP contribution in [0.2, 0.25) is 0 Å². The summed E-state index contributed by atoms with van der Waals surface area (Å²) in [6.07, 6.45) is 3.46. The van der Waals surface area contributed by atoms with E-state index in [0.717, 1.165) is 11.3 Å². The topological polar surface area (TPSA) is 69.9 Å². The van der Waals surface area contributed by atoms with Gasteiger partial charge >= 0.3 is 0 Å². The molecule has 0 amide bonds. The molecule has 134 valence electrons. The van der Waals surface area contributed by atoms with Crippen LogP contribution in [0.5, 0.6) is 11.6 Å². The highest BCUT2D eigenvalue weighted by Gasteiger charge is 2.15. The molecule has 2 heterocycles. The van der Waals surface area contributed by atoms with Crippen LogP contribution in [0, 0.1) is 20.8 Å². The Morgan fingerprint density at radius 2 is 1.88 bits per heavy atom. The predicted molar refractivity (Wildman–Crippen MR) is 102 cm³/mol. The minimum absolute atomic E-state index is 0.0282. The predicted octanol–water partition coefficient (Wildman–Crippen LogP) is 4.30. The Morgan fingerprint density at radius 3 is 2.50 bits per heavy atom. The molecule has 0 atom stereocenters. The number of aromatic nitrogens is 4. The fourth-order valence-electron chi connectivity index (χ4n) is 2.53. The van der Waals surface area contributed by atoms with Crippen LogP contribution in [-0.2, 0) is 0 Å². The van der Waals surface area contributed by atoms with E-state index in [1.807, 2.05) is 38.3 Å². The van der Waals surface area contributed by atoms with Gasteiger partial charge in [0.05, 0.1) is 17.5 Å². The molecule has 7 heteroatoms. The molecule has 0 radical (unpaired) electrons. The van der Waals surface area contributed by atoms with Crippen LogP contribution in [-0.4, -0.2) is 31.8 Å². The van der Waals surface area contributed by atoms with Gasteiger partial charge in [0.1, 0.15) is 5.75 Å². The zero-order chi connectivity index (χ0) is 18.8. The van der Waals surface area contributed by atoms with Crippen LogP contribution < -0.4 is 4.74 Å². The van der Waals surface area contributed by atoms with Crippen molar-refractivity contribution in [1.29, 1.82) is 0 Å². The Labute approximate surface area is 156 Å². The summed E-state index contributed by atoms with van der Waals surface area (Å²) in [6, 6.07) is 7.62. The zero-order valence-electron chi connectivity index (χ0n) is 15.4. The number of rotatable bonds is 5. The van der Waals surface area contributed by atoms with Crippen molar-refractivity contribution < 1.29 is 9.53 Å². The van der Waals surface area contributed by atoms with Crippen LogP contribution in [0.1, 0.15) is 34.1 Å².